The number of ether oxygens (including phenoxy) is 1. The molecule has 0 radical (unpaired) electrons. The first-order chi connectivity index (χ1) is 13.0. The quantitative estimate of drug-likeness (QED) is 0.880. The maximum atomic E-state index is 14.1. The number of nitriles is 1. The zero-order chi connectivity index (χ0) is 19.6. The van der Waals surface area contributed by atoms with Gasteiger partial charge in [0, 0.05) is 26.2 Å². The van der Waals surface area contributed by atoms with Gasteiger partial charge in [-0.2, -0.15) is 5.26 Å². The van der Waals surface area contributed by atoms with Gasteiger partial charge < -0.3 is 15.0 Å². The Kier molecular flexibility index (Phi) is 5.42. The van der Waals surface area contributed by atoms with Gasteiger partial charge in [0.2, 0.25) is 5.95 Å². The number of hydrogen-bond acceptors (Lipinski definition) is 6. The average Bonchev–Trinajstić information content (AvgIpc) is 2.70. The minimum Gasteiger partial charge on any atom is -0.494 e. The first kappa shape index (κ1) is 18.9. The molecule has 27 heavy (non-hydrogen) atoms. The van der Waals surface area contributed by atoms with Crippen LogP contribution in [0.3, 0.4) is 0 Å². The molecule has 0 unspecified atom stereocenters. The molecule has 1 aliphatic heterocycles. The monoisotopic (exact) mass is 371 g/mol. The van der Waals surface area contributed by atoms with Crippen molar-refractivity contribution in [3.8, 4) is 22.9 Å². The predicted molar refractivity (Wildman–Crippen MR) is 100 cm³/mol. The number of halogens is 1. The van der Waals surface area contributed by atoms with Crippen molar-refractivity contribution in [1.29, 1.82) is 5.26 Å². The Morgan fingerprint density at radius 2 is 2.07 bits per heavy atom. The molecule has 2 aromatic rings. The van der Waals surface area contributed by atoms with Crippen molar-refractivity contribution < 1.29 is 9.13 Å². The molecule has 0 atom stereocenters. The molecular formula is C19H22FN5O2. The molecule has 2 heterocycles. The van der Waals surface area contributed by atoms with Gasteiger partial charge in [-0.05, 0) is 37.6 Å². The van der Waals surface area contributed by atoms with E-state index in [4.69, 9.17) is 4.74 Å². The second-order valence-corrected chi connectivity index (χ2v) is 6.51. The molecule has 0 spiro atoms. The SMILES string of the molecule is CNC1CCN(c2nc(C#N)c(-c3ccc(OC)c(F)c3)c(=O)n2C)CC1. The number of methoxy groups -OCH3 is 1. The first-order valence-electron chi connectivity index (χ1n) is 8.77. The van der Waals surface area contributed by atoms with Gasteiger partial charge in [-0.25, -0.2) is 9.37 Å². The summed E-state index contributed by atoms with van der Waals surface area (Å²) in [5, 5.41) is 12.8. The van der Waals surface area contributed by atoms with Crippen LogP contribution in [0.4, 0.5) is 10.3 Å². The summed E-state index contributed by atoms with van der Waals surface area (Å²) >= 11 is 0. The molecule has 0 aliphatic carbocycles. The number of benzene rings is 1. The van der Waals surface area contributed by atoms with Gasteiger partial charge in [0.15, 0.2) is 17.3 Å². The molecule has 1 aliphatic rings. The lowest BCUT2D eigenvalue weighted by molar-refractivity contribution is 0.386. The average molecular weight is 371 g/mol. The molecule has 0 saturated carbocycles. The van der Waals surface area contributed by atoms with Gasteiger partial charge >= 0.3 is 0 Å². The predicted octanol–water partition coefficient (Wildman–Crippen LogP) is 1.65. The standard InChI is InChI=1S/C19H22FN5O2/c1-22-13-6-8-25(9-7-13)19-23-15(11-21)17(18(26)24(19)2)12-4-5-16(27-3)14(20)10-12/h4-5,10,13,22H,6-9H2,1-3H3. The van der Waals surface area contributed by atoms with Gasteiger partial charge in [-0.1, -0.05) is 6.07 Å². The van der Waals surface area contributed by atoms with Crippen molar-refractivity contribution in [3.63, 3.8) is 0 Å². The highest BCUT2D eigenvalue weighted by atomic mass is 19.1. The van der Waals surface area contributed by atoms with E-state index in [0.29, 0.717) is 17.6 Å². The number of anilines is 1. The van der Waals surface area contributed by atoms with Crippen LogP contribution >= 0.6 is 0 Å². The minimum absolute atomic E-state index is 0.00610. The lowest BCUT2D eigenvalue weighted by atomic mass is 10.0. The van der Waals surface area contributed by atoms with Crippen LogP contribution in [0.1, 0.15) is 18.5 Å². The number of nitrogens with zero attached hydrogens (tertiary/aromatic N) is 4. The zero-order valence-electron chi connectivity index (χ0n) is 15.6. The van der Waals surface area contributed by atoms with Crippen molar-refractivity contribution in [2.75, 3.05) is 32.1 Å². The molecule has 0 amide bonds. The molecule has 1 saturated heterocycles. The number of rotatable bonds is 4. The Labute approximate surface area is 157 Å². The summed E-state index contributed by atoms with van der Waals surface area (Å²) in [6.07, 6.45) is 1.86. The molecule has 1 aromatic carbocycles. The molecule has 142 valence electrons. The number of piperidine rings is 1. The smallest absolute Gasteiger partial charge is 0.263 e. The van der Waals surface area contributed by atoms with E-state index < -0.39 is 5.82 Å². The molecule has 1 aromatic heterocycles. The van der Waals surface area contributed by atoms with E-state index in [1.165, 1.54) is 23.8 Å². The lowest BCUT2D eigenvalue weighted by Gasteiger charge is -2.33. The molecule has 3 rings (SSSR count). The van der Waals surface area contributed by atoms with Crippen molar-refractivity contribution >= 4 is 5.95 Å². The van der Waals surface area contributed by atoms with E-state index in [1.807, 2.05) is 18.0 Å². The largest absolute Gasteiger partial charge is 0.494 e. The van der Waals surface area contributed by atoms with E-state index in [2.05, 4.69) is 10.3 Å². The third-order valence-corrected chi connectivity index (χ3v) is 5.00. The number of hydrogen-bond donors (Lipinski definition) is 1. The van der Waals surface area contributed by atoms with E-state index in [9.17, 15) is 14.4 Å². The van der Waals surface area contributed by atoms with E-state index in [1.54, 1.807) is 13.1 Å². The fraction of sp³-hybridized carbons (Fsp3) is 0.421. The highest BCUT2D eigenvalue weighted by Gasteiger charge is 2.24. The normalized spacial score (nSPS) is 14.9. The van der Waals surface area contributed by atoms with Crippen molar-refractivity contribution in [3.05, 3.63) is 40.1 Å². The Morgan fingerprint density at radius 3 is 2.63 bits per heavy atom. The van der Waals surface area contributed by atoms with Crippen LogP contribution < -0.4 is 20.5 Å². The molecule has 8 heteroatoms. The van der Waals surface area contributed by atoms with Crippen LogP contribution in [-0.2, 0) is 7.05 Å². The van der Waals surface area contributed by atoms with Crippen LogP contribution in [0.5, 0.6) is 5.75 Å². The maximum absolute atomic E-state index is 14.1. The van der Waals surface area contributed by atoms with Crippen LogP contribution in [0.15, 0.2) is 23.0 Å². The van der Waals surface area contributed by atoms with E-state index in [0.717, 1.165) is 25.9 Å². The summed E-state index contributed by atoms with van der Waals surface area (Å²) in [5.41, 5.74) is 0.0130. The summed E-state index contributed by atoms with van der Waals surface area (Å²) in [4.78, 5) is 19.4. The van der Waals surface area contributed by atoms with Crippen molar-refractivity contribution in [1.82, 2.24) is 14.9 Å². The van der Waals surface area contributed by atoms with E-state index in [-0.39, 0.29) is 22.6 Å². The van der Waals surface area contributed by atoms with Crippen LogP contribution in [0, 0.1) is 17.1 Å². The first-order valence-corrected chi connectivity index (χ1v) is 8.77. The van der Waals surface area contributed by atoms with Gasteiger partial charge in [0.25, 0.3) is 5.56 Å². The molecule has 1 N–H and O–H groups in total. The summed E-state index contributed by atoms with van der Waals surface area (Å²) in [7, 11) is 4.93. The third-order valence-electron chi connectivity index (χ3n) is 5.00. The topological polar surface area (TPSA) is 83.2 Å². The van der Waals surface area contributed by atoms with Crippen molar-refractivity contribution in [2.24, 2.45) is 7.05 Å². The molecule has 7 nitrogen and oxygen atoms in total. The highest BCUT2D eigenvalue weighted by Crippen LogP contribution is 2.26. The second kappa shape index (κ2) is 7.76. The van der Waals surface area contributed by atoms with Gasteiger partial charge in [0.05, 0.1) is 12.7 Å². The summed E-state index contributed by atoms with van der Waals surface area (Å²) < 4.78 is 20.4. The Balaban J connectivity index is 2.05. The summed E-state index contributed by atoms with van der Waals surface area (Å²) in [6.45, 7) is 1.49. The minimum atomic E-state index is -0.598. The summed E-state index contributed by atoms with van der Waals surface area (Å²) in [5.74, 6) is -0.0611. The van der Waals surface area contributed by atoms with Gasteiger partial charge in [-0.15, -0.1) is 0 Å². The third kappa shape index (κ3) is 3.51. The molecular weight excluding hydrogens is 349 g/mol. The Hall–Kier alpha value is -2.92. The second-order valence-electron chi connectivity index (χ2n) is 6.51. The van der Waals surface area contributed by atoms with E-state index >= 15 is 0 Å². The fourth-order valence-corrected chi connectivity index (χ4v) is 3.40. The maximum Gasteiger partial charge on any atom is 0.263 e. The van der Waals surface area contributed by atoms with Crippen LogP contribution in [-0.4, -0.2) is 42.8 Å². The highest BCUT2D eigenvalue weighted by molar-refractivity contribution is 5.69. The van der Waals surface area contributed by atoms with Crippen LogP contribution in [0.25, 0.3) is 11.1 Å². The van der Waals surface area contributed by atoms with Crippen LogP contribution in [0.2, 0.25) is 0 Å². The van der Waals surface area contributed by atoms with Gasteiger partial charge in [-0.3, -0.25) is 9.36 Å². The molecule has 1 fully saturated rings. The zero-order valence-corrected chi connectivity index (χ0v) is 15.6. The van der Waals surface area contributed by atoms with Gasteiger partial charge in [0.1, 0.15) is 6.07 Å². The van der Waals surface area contributed by atoms with Crippen molar-refractivity contribution in [2.45, 2.75) is 18.9 Å². The fourth-order valence-electron chi connectivity index (χ4n) is 3.40. The summed E-state index contributed by atoms with van der Waals surface area (Å²) in [6, 6.07) is 6.61. The Morgan fingerprint density at radius 1 is 1.37 bits per heavy atom. The lowest BCUT2D eigenvalue weighted by Crippen LogP contribution is -2.43. The molecule has 0 bridgehead atoms. The number of nitrogens with one attached hydrogen (secondary N) is 1. The number of aromatic nitrogens is 2. The Bertz CT molecular complexity index is 942.